The van der Waals surface area contributed by atoms with Crippen LogP contribution in [0.15, 0.2) is 170 Å². The predicted molar refractivity (Wildman–Crippen MR) is 548 cm³/mol. The quantitative estimate of drug-likeness (QED) is 0.0111. The van der Waals surface area contributed by atoms with E-state index in [4.69, 9.17) is 78.3 Å². The van der Waals surface area contributed by atoms with Crippen molar-refractivity contribution in [1.82, 2.24) is 19.9 Å². The molecule has 0 amide bonds. The van der Waals surface area contributed by atoms with E-state index in [0.717, 1.165) is 182 Å². The van der Waals surface area contributed by atoms with Crippen molar-refractivity contribution in [1.29, 1.82) is 0 Å². The van der Waals surface area contributed by atoms with Crippen molar-refractivity contribution < 1.29 is 67.8 Å². The number of nitrogens with zero attached hydrogens (tertiary/aromatic N) is 5. The van der Waals surface area contributed by atoms with Crippen LogP contribution in [0, 0.1) is 27.7 Å². The Hall–Kier alpha value is -4.39. The van der Waals surface area contributed by atoms with Gasteiger partial charge >= 0.3 is 0 Å². The summed E-state index contributed by atoms with van der Waals surface area (Å²) in [5, 5.41) is 46.8. The molecule has 0 saturated carbocycles. The molecule has 121 heavy (non-hydrogen) atoms. The van der Waals surface area contributed by atoms with Crippen molar-refractivity contribution in [3.8, 4) is 42.3 Å². The molecule has 0 spiro atoms. The number of rotatable bonds is 35. The van der Waals surface area contributed by atoms with Crippen LogP contribution in [0.3, 0.4) is 0 Å². The molecule has 5 heterocycles. The highest BCUT2D eigenvalue weighted by Crippen LogP contribution is 2.36. The molecule has 0 aliphatic carbocycles. The van der Waals surface area contributed by atoms with Gasteiger partial charge in [-0.2, -0.15) is 0 Å². The summed E-state index contributed by atoms with van der Waals surface area (Å²) in [5.74, 6) is 0. The molecule has 1 saturated heterocycles. The lowest BCUT2D eigenvalue weighted by atomic mass is 10.2. The van der Waals surface area contributed by atoms with Crippen LogP contribution in [0.5, 0.6) is 0 Å². The molecule has 4 aromatic heterocycles. The Morgan fingerprint density at radius 2 is 0.537 bits per heavy atom. The van der Waals surface area contributed by atoms with Gasteiger partial charge in [0.2, 0.25) is 0 Å². The number of aryl methyl sites for hydroxylation is 4. The van der Waals surface area contributed by atoms with Crippen molar-refractivity contribution >= 4 is 222 Å². The van der Waals surface area contributed by atoms with Crippen molar-refractivity contribution in [2.45, 2.75) is 27.7 Å². The molecule has 31 heteroatoms. The lowest BCUT2D eigenvalue weighted by Crippen LogP contribution is -2.31. The van der Waals surface area contributed by atoms with Gasteiger partial charge in [-0.15, -0.1) is 45.3 Å². The number of anilines is 4. The summed E-state index contributed by atoms with van der Waals surface area (Å²) in [7, 11) is 0. The van der Waals surface area contributed by atoms with Crippen LogP contribution in [-0.2, 0) is 47.4 Å². The number of thiazole rings is 4. The van der Waals surface area contributed by atoms with Gasteiger partial charge in [0.15, 0.2) is 0 Å². The van der Waals surface area contributed by atoms with E-state index in [1.165, 1.54) is 41.1 Å². The standard InChI is InChI=1S/C32H30N4OS2.C24H30N2O4S.C18H19IN2OS.2C4H8I2O.2C4H10O3/c1-21-3-13-27-29(19-21)38-31(35-27)23-5-9-25(10-6-23)33-15-17-37-18-16-34-26-11-7-24(8-12-26)32-36-28-14-4-22(2)20-30(28)39-32;1-19-2-7-22-23(18-19)31-24(25-22)20-3-5-21(6-4-20)26-8-10-27-12-14-29-16-17-30-15-13-28-11-9-26;1-13-2-7-16-17(12-13)23-18(21-16)14-3-5-15(6-4-14)20-9-11-22-10-8-19;4*5-1-3-7-4-2-6/h3-14,19-20,33-34H,15-18H2,1-2H3;2-7,18H,8-17H2,1H3;2-7,12,20H,8-11H2,1H3;2*1-4H2;2*5-6H,1-4H2. The monoisotopic (exact) mass is 2290 g/mol. The number of ether oxygens (including phenoxy) is 10. The van der Waals surface area contributed by atoms with Gasteiger partial charge in [0.25, 0.3) is 0 Å². The van der Waals surface area contributed by atoms with Gasteiger partial charge in [-0.3, -0.25) is 0 Å². The molecular weight excluding hydrogens is 2180 g/mol. The zero-order valence-electron chi connectivity index (χ0n) is 69.3. The van der Waals surface area contributed by atoms with Crippen molar-refractivity contribution in [2.24, 2.45) is 0 Å². The Balaban J connectivity index is 0.000000219. The van der Waals surface area contributed by atoms with Crippen LogP contribution >= 0.6 is 158 Å². The zero-order valence-corrected chi connectivity index (χ0v) is 83.4. The molecular formula is C90H115I5N8O14S4. The second-order valence-corrected chi connectivity index (χ2v) is 36.0. The van der Waals surface area contributed by atoms with E-state index in [2.05, 4.69) is 341 Å². The minimum Gasteiger partial charge on any atom is -0.394 e. The average Bonchev–Trinajstić information content (AvgIpc) is 1.69. The van der Waals surface area contributed by atoms with E-state index >= 15 is 0 Å². The fraction of sp³-hybridized carbons (Fsp3) is 0.422. The SMILES string of the molecule is Cc1ccc2nc(-c3ccc(N4CCOCCOCCOCCOCC4)cc3)sc2c1.Cc1ccc2nc(-c3ccc(NCCOCCI)cc3)sc2c1.Cc1ccc2nc(-c3ccc(NCCOCCNc4ccc(-c5nc6ccc(C)cc6s5)cc4)cc3)sc2c1.ICCOCCI.ICCOCCI.OCCOCCO.OCCOCCO. The molecule has 12 aromatic rings. The van der Waals surface area contributed by atoms with Crippen LogP contribution in [-0.4, -0.2) is 254 Å². The summed E-state index contributed by atoms with van der Waals surface area (Å²) >= 11 is 18.5. The molecule has 7 N–H and O–H groups in total. The first kappa shape index (κ1) is 104. The first-order chi connectivity index (χ1) is 59.3. The van der Waals surface area contributed by atoms with E-state index in [9.17, 15) is 0 Å². The van der Waals surface area contributed by atoms with E-state index in [-0.39, 0.29) is 26.4 Å². The second-order valence-electron chi connectivity index (χ2n) is 26.5. The number of aromatic nitrogens is 4. The lowest BCUT2D eigenvalue weighted by molar-refractivity contribution is 0.00206. The number of hydrogen-bond donors (Lipinski definition) is 7. The number of halogens is 5. The predicted octanol–water partition coefficient (Wildman–Crippen LogP) is 19.4. The van der Waals surface area contributed by atoms with Crippen LogP contribution < -0.4 is 20.9 Å². The zero-order chi connectivity index (χ0) is 86.1. The second kappa shape index (κ2) is 64.4. The Labute approximate surface area is 797 Å². The Morgan fingerprint density at radius 3 is 0.793 bits per heavy atom. The maximum absolute atomic E-state index is 8.09. The van der Waals surface area contributed by atoms with Crippen molar-refractivity contribution in [3.05, 3.63) is 192 Å². The molecule has 1 aliphatic rings. The van der Waals surface area contributed by atoms with E-state index in [0.29, 0.717) is 92.5 Å². The van der Waals surface area contributed by atoms with Crippen LogP contribution in [0.25, 0.3) is 83.2 Å². The third kappa shape index (κ3) is 41.5. The van der Waals surface area contributed by atoms with E-state index in [1.807, 2.05) is 0 Å². The molecule has 0 radical (unpaired) electrons. The highest BCUT2D eigenvalue weighted by molar-refractivity contribution is 14.1. The minimum absolute atomic E-state index is 0.0278. The number of aliphatic hydroxyl groups excluding tert-OH is 4. The number of aliphatic hydroxyl groups is 4. The van der Waals surface area contributed by atoms with Gasteiger partial charge in [0.05, 0.1) is 199 Å². The van der Waals surface area contributed by atoms with Crippen LogP contribution in [0.2, 0.25) is 0 Å². The van der Waals surface area contributed by atoms with Crippen LogP contribution in [0.4, 0.5) is 22.7 Å². The third-order valence-corrected chi connectivity index (χ3v) is 23.4. The third-order valence-electron chi connectivity index (χ3n) is 17.0. The van der Waals surface area contributed by atoms with Crippen LogP contribution in [0.1, 0.15) is 22.3 Å². The molecule has 1 aliphatic heterocycles. The van der Waals surface area contributed by atoms with E-state index < -0.39 is 0 Å². The Kier molecular flexibility index (Phi) is 55.1. The van der Waals surface area contributed by atoms with Gasteiger partial charge < -0.3 is 88.6 Å². The lowest BCUT2D eigenvalue weighted by Gasteiger charge is -2.25. The highest BCUT2D eigenvalue weighted by Gasteiger charge is 2.14. The smallest absolute Gasteiger partial charge is 0.124 e. The fourth-order valence-corrected chi connectivity index (χ4v) is 16.9. The fourth-order valence-electron chi connectivity index (χ4n) is 11.1. The number of nitrogens with one attached hydrogen (secondary N) is 3. The van der Waals surface area contributed by atoms with Gasteiger partial charge in [0, 0.05) is 99.9 Å². The van der Waals surface area contributed by atoms with Gasteiger partial charge in [-0.25, -0.2) is 19.9 Å². The molecule has 0 atom stereocenters. The first-order valence-corrected chi connectivity index (χ1v) is 51.1. The normalized spacial score (nSPS) is 12.5. The summed E-state index contributed by atoms with van der Waals surface area (Å²) in [5.41, 5.74) is 18.4. The summed E-state index contributed by atoms with van der Waals surface area (Å²) in [6, 6.07) is 59.6. The summed E-state index contributed by atoms with van der Waals surface area (Å²) < 4.78 is 63.6. The largest absolute Gasteiger partial charge is 0.394 e. The molecule has 8 aromatic carbocycles. The highest BCUT2D eigenvalue weighted by atomic mass is 127. The molecule has 13 rings (SSSR count). The average molecular weight is 2300 g/mol. The van der Waals surface area contributed by atoms with Gasteiger partial charge in [-0.1, -0.05) is 137 Å². The topological polar surface area (TPSA) is 264 Å². The summed E-state index contributed by atoms with van der Waals surface area (Å²) in [6.45, 7) is 25.2. The number of alkyl halides is 5. The molecule has 22 nitrogen and oxygen atoms in total. The molecule has 1 fully saturated rings. The maximum Gasteiger partial charge on any atom is 0.124 e. The maximum atomic E-state index is 8.09. The molecule has 658 valence electrons. The summed E-state index contributed by atoms with van der Waals surface area (Å²) in [4.78, 5) is 21.4. The van der Waals surface area contributed by atoms with E-state index in [1.54, 1.807) is 45.3 Å². The van der Waals surface area contributed by atoms with Gasteiger partial charge in [-0.05, 0) is 196 Å². The number of hydrogen-bond acceptors (Lipinski definition) is 26. The van der Waals surface area contributed by atoms with Gasteiger partial charge in [0.1, 0.15) is 20.0 Å². The minimum atomic E-state index is 0.0278. The molecule has 0 unspecified atom stereocenters. The number of fused-ring (bicyclic) bond motifs is 4. The van der Waals surface area contributed by atoms with Crippen molar-refractivity contribution in [2.75, 3.05) is 234 Å². The summed E-state index contributed by atoms with van der Waals surface area (Å²) in [6.07, 6.45) is 0. The number of benzene rings is 8. The Morgan fingerprint density at radius 1 is 0.306 bits per heavy atom. The molecule has 0 bridgehead atoms. The van der Waals surface area contributed by atoms with Crippen molar-refractivity contribution in [3.63, 3.8) is 0 Å². The Bertz CT molecular complexity index is 4500. The first-order valence-electron chi connectivity index (χ1n) is 40.2.